The van der Waals surface area contributed by atoms with Crippen molar-refractivity contribution >= 4 is 12.0 Å². The van der Waals surface area contributed by atoms with Gasteiger partial charge in [-0.1, -0.05) is 6.07 Å². The quantitative estimate of drug-likeness (QED) is 0.713. The normalized spacial score (nSPS) is 10.2. The molecule has 0 bridgehead atoms. The number of benzene rings is 1. The van der Waals surface area contributed by atoms with Gasteiger partial charge < -0.3 is 9.84 Å². The second kappa shape index (κ2) is 4.30. The van der Waals surface area contributed by atoms with Crippen molar-refractivity contribution in [2.24, 2.45) is 0 Å². The fourth-order valence-corrected chi connectivity index (χ4v) is 0.906. The van der Waals surface area contributed by atoms with Gasteiger partial charge in [0.2, 0.25) is 0 Å². The van der Waals surface area contributed by atoms with E-state index in [0.29, 0.717) is 11.3 Å². The Morgan fingerprint density at radius 1 is 1.69 bits per heavy atom. The lowest BCUT2D eigenvalue weighted by Crippen LogP contribution is -1.88. The van der Waals surface area contributed by atoms with Crippen molar-refractivity contribution in [3.63, 3.8) is 0 Å². The van der Waals surface area contributed by atoms with Gasteiger partial charge in [0.25, 0.3) is 0 Å². The molecule has 1 aromatic carbocycles. The highest BCUT2D eigenvalue weighted by Crippen LogP contribution is 2.17. The number of carboxylic acid groups (broad SMARTS) is 1. The van der Waals surface area contributed by atoms with Crippen LogP contribution in [0.15, 0.2) is 24.3 Å². The molecule has 0 aliphatic heterocycles. The molecular weight excluding hydrogens is 168 g/mol. The summed E-state index contributed by atoms with van der Waals surface area (Å²) in [4.78, 5) is 10.2. The third-order valence-corrected chi connectivity index (χ3v) is 1.48. The topological polar surface area (TPSA) is 46.5 Å². The van der Waals surface area contributed by atoms with Crippen molar-refractivity contribution in [3.8, 4) is 5.75 Å². The molecule has 0 saturated carbocycles. The van der Waals surface area contributed by atoms with Gasteiger partial charge in [0.15, 0.2) is 0 Å². The molecule has 0 heterocycles. The summed E-state index contributed by atoms with van der Waals surface area (Å²) in [6, 6.07) is 7.93. The SMILES string of the molecule is COc1cc[c]cc1C=CC(=O)O. The summed E-state index contributed by atoms with van der Waals surface area (Å²) in [6.45, 7) is 0. The van der Waals surface area contributed by atoms with Crippen LogP contribution in [0.2, 0.25) is 0 Å². The van der Waals surface area contributed by atoms with Crippen LogP contribution < -0.4 is 4.74 Å². The van der Waals surface area contributed by atoms with Gasteiger partial charge in [-0.2, -0.15) is 0 Å². The first kappa shape index (κ1) is 9.32. The molecule has 0 aromatic heterocycles. The number of carbonyl (C=O) groups is 1. The van der Waals surface area contributed by atoms with Crippen LogP contribution in [-0.2, 0) is 4.79 Å². The van der Waals surface area contributed by atoms with E-state index in [1.165, 1.54) is 13.2 Å². The number of rotatable bonds is 3. The zero-order valence-electron chi connectivity index (χ0n) is 7.15. The lowest BCUT2D eigenvalue weighted by atomic mass is 10.2. The van der Waals surface area contributed by atoms with Crippen molar-refractivity contribution in [3.05, 3.63) is 35.9 Å². The van der Waals surface area contributed by atoms with E-state index in [4.69, 9.17) is 9.84 Å². The van der Waals surface area contributed by atoms with Crippen LogP contribution in [0.1, 0.15) is 5.56 Å². The summed E-state index contributed by atoms with van der Waals surface area (Å²) in [5.74, 6) is -0.345. The molecule has 1 rings (SSSR count). The van der Waals surface area contributed by atoms with Gasteiger partial charge in [0.1, 0.15) is 5.75 Å². The molecule has 3 nitrogen and oxygen atoms in total. The Balaban J connectivity index is 2.93. The van der Waals surface area contributed by atoms with Crippen molar-refractivity contribution in [2.45, 2.75) is 0 Å². The number of ether oxygens (including phenoxy) is 1. The lowest BCUT2D eigenvalue weighted by Gasteiger charge is -2.02. The Labute approximate surface area is 76.3 Å². The average Bonchev–Trinajstić information content (AvgIpc) is 2.15. The first-order valence-corrected chi connectivity index (χ1v) is 3.69. The fourth-order valence-electron chi connectivity index (χ4n) is 0.906. The monoisotopic (exact) mass is 177 g/mol. The Morgan fingerprint density at radius 3 is 3.08 bits per heavy atom. The smallest absolute Gasteiger partial charge is 0.328 e. The highest BCUT2D eigenvalue weighted by molar-refractivity contribution is 5.85. The molecule has 0 fully saturated rings. The van der Waals surface area contributed by atoms with E-state index < -0.39 is 5.97 Å². The van der Waals surface area contributed by atoms with Gasteiger partial charge in [-0.15, -0.1) is 0 Å². The molecule has 0 unspecified atom stereocenters. The van der Waals surface area contributed by atoms with Crippen molar-refractivity contribution in [1.82, 2.24) is 0 Å². The Hall–Kier alpha value is -1.77. The molecule has 0 aliphatic carbocycles. The van der Waals surface area contributed by atoms with Crippen molar-refractivity contribution in [2.75, 3.05) is 7.11 Å². The number of methoxy groups -OCH3 is 1. The molecule has 1 radical (unpaired) electrons. The third kappa shape index (κ3) is 2.63. The van der Waals surface area contributed by atoms with Crippen LogP contribution in [0.5, 0.6) is 5.75 Å². The molecule has 13 heavy (non-hydrogen) atoms. The molecule has 0 amide bonds. The maximum absolute atomic E-state index is 10.2. The Kier molecular flexibility index (Phi) is 3.09. The second-order valence-electron chi connectivity index (χ2n) is 2.34. The minimum Gasteiger partial charge on any atom is -0.496 e. The molecule has 0 aliphatic rings. The highest BCUT2D eigenvalue weighted by atomic mass is 16.5. The van der Waals surface area contributed by atoms with Crippen LogP contribution in [0.25, 0.3) is 6.08 Å². The van der Waals surface area contributed by atoms with Crippen LogP contribution in [0, 0.1) is 6.07 Å². The number of aliphatic carboxylic acids is 1. The van der Waals surface area contributed by atoms with E-state index >= 15 is 0 Å². The molecule has 0 atom stereocenters. The maximum Gasteiger partial charge on any atom is 0.328 e. The summed E-state index contributed by atoms with van der Waals surface area (Å²) in [6.07, 6.45) is 2.53. The Bertz CT molecular complexity index is 329. The van der Waals surface area contributed by atoms with E-state index in [9.17, 15) is 4.79 Å². The summed E-state index contributed by atoms with van der Waals surface area (Å²) in [5.41, 5.74) is 0.701. The molecule has 0 spiro atoms. The van der Waals surface area contributed by atoms with Crippen molar-refractivity contribution < 1.29 is 14.6 Å². The average molecular weight is 177 g/mol. The number of hydrogen-bond acceptors (Lipinski definition) is 2. The minimum absolute atomic E-state index is 0.635. The van der Waals surface area contributed by atoms with E-state index in [-0.39, 0.29) is 0 Å². The van der Waals surface area contributed by atoms with Gasteiger partial charge in [-0.3, -0.25) is 0 Å². The van der Waals surface area contributed by atoms with E-state index in [1.54, 1.807) is 18.2 Å². The summed E-state index contributed by atoms with van der Waals surface area (Å²) < 4.78 is 5.01. The minimum atomic E-state index is -0.981. The fraction of sp³-hybridized carbons (Fsp3) is 0.100. The number of carboxylic acids is 1. The van der Waals surface area contributed by atoms with Gasteiger partial charge in [0.05, 0.1) is 7.11 Å². The molecule has 0 saturated heterocycles. The third-order valence-electron chi connectivity index (χ3n) is 1.48. The number of hydrogen-bond donors (Lipinski definition) is 1. The second-order valence-corrected chi connectivity index (χ2v) is 2.34. The molecule has 67 valence electrons. The first-order chi connectivity index (χ1) is 6.24. The van der Waals surface area contributed by atoms with Gasteiger partial charge >= 0.3 is 5.97 Å². The Morgan fingerprint density at radius 2 is 2.46 bits per heavy atom. The summed E-state index contributed by atoms with van der Waals surface area (Å²) in [5, 5.41) is 8.40. The lowest BCUT2D eigenvalue weighted by molar-refractivity contribution is -0.131. The zero-order chi connectivity index (χ0) is 9.68. The van der Waals surface area contributed by atoms with E-state index in [0.717, 1.165) is 6.08 Å². The largest absolute Gasteiger partial charge is 0.496 e. The summed E-state index contributed by atoms with van der Waals surface area (Å²) in [7, 11) is 1.54. The van der Waals surface area contributed by atoms with Gasteiger partial charge in [-0.25, -0.2) is 4.79 Å². The standard InChI is InChI=1S/C10H9O3/c1-13-9-5-3-2-4-8(9)6-7-10(11)12/h3-7H,1H3,(H,11,12). The van der Waals surface area contributed by atoms with Gasteiger partial charge in [-0.05, 0) is 24.3 Å². The van der Waals surface area contributed by atoms with E-state index in [2.05, 4.69) is 6.07 Å². The summed E-state index contributed by atoms with van der Waals surface area (Å²) >= 11 is 0. The predicted molar refractivity (Wildman–Crippen MR) is 48.5 cm³/mol. The first-order valence-electron chi connectivity index (χ1n) is 3.69. The van der Waals surface area contributed by atoms with Crippen LogP contribution in [0.4, 0.5) is 0 Å². The zero-order valence-corrected chi connectivity index (χ0v) is 7.15. The maximum atomic E-state index is 10.2. The highest BCUT2D eigenvalue weighted by Gasteiger charge is 1.97. The van der Waals surface area contributed by atoms with Crippen LogP contribution >= 0.6 is 0 Å². The van der Waals surface area contributed by atoms with Gasteiger partial charge in [0, 0.05) is 11.6 Å². The predicted octanol–water partition coefficient (Wildman–Crippen LogP) is 1.59. The van der Waals surface area contributed by atoms with Crippen LogP contribution in [-0.4, -0.2) is 18.2 Å². The molecule has 3 heteroatoms. The van der Waals surface area contributed by atoms with E-state index in [1.807, 2.05) is 0 Å². The van der Waals surface area contributed by atoms with Crippen LogP contribution in [0.3, 0.4) is 0 Å². The molecule has 1 N–H and O–H groups in total. The van der Waals surface area contributed by atoms with Crippen molar-refractivity contribution in [1.29, 1.82) is 0 Å². The molecule has 1 aromatic rings. The molecular formula is C10H9O3.